The summed E-state index contributed by atoms with van der Waals surface area (Å²) < 4.78 is 1.72. The van der Waals surface area contributed by atoms with Gasteiger partial charge in [0.25, 0.3) is 11.6 Å². The summed E-state index contributed by atoms with van der Waals surface area (Å²) in [7, 11) is 0. The Morgan fingerprint density at radius 2 is 2.04 bits per heavy atom. The number of imidazole rings is 1. The second-order valence-corrected chi connectivity index (χ2v) is 4.83. The van der Waals surface area contributed by atoms with E-state index in [9.17, 15) is 14.9 Å². The molecule has 2 heterocycles. The number of benzene rings is 1. The first kappa shape index (κ1) is 15.3. The van der Waals surface area contributed by atoms with E-state index in [4.69, 9.17) is 0 Å². The van der Waals surface area contributed by atoms with Crippen molar-refractivity contribution in [3.8, 4) is 5.82 Å². The van der Waals surface area contributed by atoms with Crippen LogP contribution in [0.5, 0.6) is 0 Å². The summed E-state index contributed by atoms with van der Waals surface area (Å²) in [6, 6.07) is 7.27. The SMILES string of the molecule is Cc1nccn1-c1cc(NC(=O)c2ccccc2[N+](=O)[O-])ncn1. The van der Waals surface area contributed by atoms with Crippen molar-refractivity contribution in [3.63, 3.8) is 0 Å². The van der Waals surface area contributed by atoms with E-state index in [2.05, 4.69) is 20.3 Å². The quantitative estimate of drug-likeness (QED) is 0.580. The van der Waals surface area contributed by atoms with Crippen molar-refractivity contribution in [2.24, 2.45) is 0 Å². The van der Waals surface area contributed by atoms with Gasteiger partial charge in [-0.3, -0.25) is 19.5 Å². The fourth-order valence-corrected chi connectivity index (χ4v) is 2.18. The highest BCUT2D eigenvalue weighted by molar-refractivity contribution is 6.06. The Balaban J connectivity index is 1.88. The maximum absolute atomic E-state index is 12.3. The third-order valence-corrected chi connectivity index (χ3v) is 3.31. The number of carbonyl (C=O) groups excluding carboxylic acids is 1. The van der Waals surface area contributed by atoms with Crippen LogP contribution in [0.15, 0.2) is 49.1 Å². The van der Waals surface area contributed by atoms with E-state index >= 15 is 0 Å². The van der Waals surface area contributed by atoms with Crippen molar-refractivity contribution in [1.82, 2.24) is 19.5 Å². The Morgan fingerprint density at radius 1 is 1.25 bits per heavy atom. The van der Waals surface area contributed by atoms with Gasteiger partial charge in [-0.1, -0.05) is 12.1 Å². The molecule has 0 radical (unpaired) electrons. The van der Waals surface area contributed by atoms with Gasteiger partial charge in [0.15, 0.2) is 0 Å². The molecule has 0 aliphatic carbocycles. The average molecular weight is 324 g/mol. The highest BCUT2D eigenvalue weighted by Gasteiger charge is 2.19. The Bertz CT molecular complexity index is 921. The van der Waals surface area contributed by atoms with Crippen molar-refractivity contribution in [2.75, 3.05) is 5.32 Å². The first-order chi connectivity index (χ1) is 11.6. The van der Waals surface area contributed by atoms with Crippen LogP contribution in [0.25, 0.3) is 5.82 Å². The number of nitro groups is 1. The molecule has 0 spiro atoms. The number of para-hydroxylation sites is 1. The Hall–Kier alpha value is -3.62. The van der Waals surface area contributed by atoms with Gasteiger partial charge >= 0.3 is 0 Å². The predicted molar refractivity (Wildman–Crippen MR) is 84.9 cm³/mol. The summed E-state index contributed by atoms with van der Waals surface area (Å²) in [6.07, 6.45) is 4.65. The maximum atomic E-state index is 12.3. The summed E-state index contributed by atoms with van der Waals surface area (Å²) in [5.41, 5.74) is -0.309. The lowest BCUT2D eigenvalue weighted by Gasteiger charge is -2.07. The summed E-state index contributed by atoms with van der Waals surface area (Å²) in [5.74, 6) is 0.869. The molecule has 0 fully saturated rings. The molecule has 0 saturated carbocycles. The average Bonchev–Trinajstić information content (AvgIpc) is 3.01. The van der Waals surface area contributed by atoms with Crippen LogP contribution >= 0.6 is 0 Å². The third-order valence-electron chi connectivity index (χ3n) is 3.31. The van der Waals surface area contributed by atoms with E-state index in [0.717, 1.165) is 5.82 Å². The maximum Gasteiger partial charge on any atom is 0.282 e. The fraction of sp³-hybridized carbons (Fsp3) is 0.0667. The third kappa shape index (κ3) is 2.95. The fourth-order valence-electron chi connectivity index (χ4n) is 2.18. The van der Waals surface area contributed by atoms with E-state index < -0.39 is 10.8 Å². The number of hydrogen-bond donors (Lipinski definition) is 1. The topological polar surface area (TPSA) is 116 Å². The van der Waals surface area contributed by atoms with Gasteiger partial charge in [0, 0.05) is 24.5 Å². The number of rotatable bonds is 4. The molecule has 24 heavy (non-hydrogen) atoms. The van der Waals surface area contributed by atoms with Crippen molar-refractivity contribution in [1.29, 1.82) is 0 Å². The number of aryl methyl sites for hydroxylation is 1. The van der Waals surface area contributed by atoms with Crippen LogP contribution in [0.3, 0.4) is 0 Å². The minimum absolute atomic E-state index is 0.0403. The van der Waals surface area contributed by atoms with Crippen LogP contribution in [0.4, 0.5) is 11.5 Å². The monoisotopic (exact) mass is 324 g/mol. The number of nitro benzene ring substituents is 1. The van der Waals surface area contributed by atoms with Gasteiger partial charge in [0.1, 0.15) is 29.4 Å². The second-order valence-electron chi connectivity index (χ2n) is 4.83. The van der Waals surface area contributed by atoms with E-state index in [1.54, 1.807) is 29.1 Å². The molecule has 3 aromatic rings. The lowest BCUT2D eigenvalue weighted by atomic mass is 10.1. The van der Waals surface area contributed by atoms with Gasteiger partial charge in [-0.15, -0.1) is 0 Å². The summed E-state index contributed by atoms with van der Waals surface area (Å²) in [6.45, 7) is 1.81. The Morgan fingerprint density at radius 3 is 2.75 bits per heavy atom. The zero-order valence-electron chi connectivity index (χ0n) is 12.6. The van der Waals surface area contributed by atoms with E-state index in [1.165, 1.54) is 24.5 Å². The van der Waals surface area contributed by atoms with E-state index in [0.29, 0.717) is 5.82 Å². The molecule has 9 heteroatoms. The largest absolute Gasteiger partial charge is 0.306 e. The molecule has 1 aromatic carbocycles. The standard InChI is InChI=1S/C15H12N6O3/c1-10-16-6-7-20(10)14-8-13(17-9-18-14)19-15(22)11-4-2-3-5-12(11)21(23)24/h2-9H,1H3,(H,17,18,19,22). The van der Waals surface area contributed by atoms with Crippen LogP contribution < -0.4 is 5.32 Å². The molecular weight excluding hydrogens is 312 g/mol. The smallest absolute Gasteiger partial charge is 0.282 e. The first-order valence-electron chi connectivity index (χ1n) is 6.93. The van der Waals surface area contributed by atoms with Gasteiger partial charge < -0.3 is 5.32 Å². The van der Waals surface area contributed by atoms with Crippen LogP contribution in [0, 0.1) is 17.0 Å². The van der Waals surface area contributed by atoms with E-state index in [1.807, 2.05) is 6.92 Å². The number of hydrogen-bond acceptors (Lipinski definition) is 6. The number of amides is 1. The molecule has 0 aliphatic heterocycles. The minimum Gasteiger partial charge on any atom is -0.306 e. The number of aromatic nitrogens is 4. The number of nitrogens with zero attached hydrogens (tertiary/aromatic N) is 5. The van der Waals surface area contributed by atoms with Gasteiger partial charge in [0.05, 0.1) is 4.92 Å². The highest BCUT2D eigenvalue weighted by atomic mass is 16.6. The van der Waals surface area contributed by atoms with Crippen molar-refractivity contribution >= 4 is 17.4 Å². The van der Waals surface area contributed by atoms with Gasteiger partial charge in [-0.25, -0.2) is 15.0 Å². The number of nitrogens with one attached hydrogen (secondary N) is 1. The number of carbonyl (C=O) groups is 1. The highest BCUT2D eigenvalue weighted by Crippen LogP contribution is 2.19. The van der Waals surface area contributed by atoms with Crippen molar-refractivity contribution < 1.29 is 9.72 Å². The predicted octanol–water partition coefficient (Wildman–Crippen LogP) is 2.13. The van der Waals surface area contributed by atoms with Gasteiger partial charge in [-0.05, 0) is 13.0 Å². The number of anilines is 1. The molecule has 1 N–H and O–H groups in total. The molecular formula is C15H12N6O3. The molecule has 0 atom stereocenters. The molecule has 0 aliphatic rings. The molecule has 2 aromatic heterocycles. The molecule has 0 saturated heterocycles. The molecule has 0 unspecified atom stereocenters. The molecule has 3 rings (SSSR count). The lowest BCUT2D eigenvalue weighted by Crippen LogP contribution is -2.15. The minimum atomic E-state index is -0.616. The molecule has 120 valence electrons. The van der Waals surface area contributed by atoms with Crippen LogP contribution in [0.1, 0.15) is 16.2 Å². The lowest BCUT2D eigenvalue weighted by molar-refractivity contribution is -0.385. The molecule has 1 amide bonds. The van der Waals surface area contributed by atoms with Gasteiger partial charge in [0.2, 0.25) is 0 Å². The molecule has 0 bridgehead atoms. The second kappa shape index (κ2) is 6.24. The normalized spacial score (nSPS) is 10.4. The summed E-state index contributed by atoms with van der Waals surface area (Å²) >= 11 is 0. The van der Waals surface area contributed by atoms with Crippen molar-refractivity contribution in [2.45, 2.75) is 6.92 Å². The van der Waals surface area contributed by atoms with Crippen LogP contribution in [-0.4, -0.2) is 30.3 Å². The Labute approximate surface area is 136 Å². The van der Waals surface area contributed by atoms with Crippen molar-refractivity contribution in [3.05, 3.63) is 70.6 Å². The first-order valence-corrected chi connectivity index (χ1v) is 6.93. The van der Waals surface area contributed by atoms with Crippen LogP contribution in [0.2, 0.25) is 0 Å². The molecule has 9 nitrogen and oxygen atoms in total. The van der Waals surface area contributed by atoms with Gasteiger partial charge in [-0.2, -0.15) is 0 Å². The summed E-state index contributed by atoms with van der Waals surface area (Å²) in [5, 5.41) is 13.6. The Kier molecular flexibility index (Phi) is 3.98. The zero-order valence-corrected chi connectivity index (χ0v) is 12.6. The van der Waals surface area contributed by atoms with E-state index in [-0.39, 0.29) is 17.1 Å². The summed E-state index contributed by atoms with van der Waals surface area (Å²) in [4.78, 5) is 34.9. The van der Waals surface area contributed by atoms with Crippen LogP contribution in [-0.2, 0) is 0 Å². The zero-order chi connectivity index (χ0) is 17.1.